The van der Waals surface area contributed by atoms with Gasteiger partial charge in [-0.2, -0.15) is 0 Å². The molecular weight excluding hydrogens is 460 g/mol. The van der Waals surface area contributed by atoms with Crippen molar-refractivity contribution in [3.63, 3.8) is 0 Å². The molecule has 3 rings (SSSR count). The zero-order valence-corrected chi connectivity index (χ0v) is 17.5. The van der Waals surface area contributed by atoms with E-state index in [4.69, 9.17) is 14.2 Å². The molecule has 0 spiro atoms. The molecule has 176 valence electrons. The number of urea groups is 1. The van der Waals surface area contributed by atoms with E-state index in [2.05, 4.69) is 5.32 Å². The standard InChI is InChI=1S/C21H15F2N3O8/c1-32-16(10-27)17-19(33-2)18(11-3-8-14(22)15(23)9-11)25(20(28)24-17)21(29)34-13-6-4-12(5-7-13)26(30)31/h3-9,18H,1-2H3,(H,24,28). The Kier molecular flexibility index (Phi) is 6.88. The van der Waals surface area contributed by atoms with Crippen molar-refractivity contribution in [1.82, 2.24) is 10.2 Å². The number of non-ortho nitro benzene ring substituents is 1. The molecule has 1 atom stereocenters. The van der Waals surface area contributed by atoms with Crippen molar-refractivity contribution < 1.29 is 42.3 Å². The van der Waals surface area contributed by atoms with Gasteiger partial charge in [-0.1, -0.05) is 6.07 Å². The number of rotatable bonds is 6. The Morgan fingerprint density at radius 2 is 1.82 bits per heavy atom. The first-order valence-corrected chi connectivity index (χ1v) is 9.30. The first-order chi connectivity index (χ1) is 16.2. The van der Waals surface area contributed by atoms with Crippen LogP contribution in [0.15, 0.2) is 59.7 Å². The summed E-state index contributed by atoms with van der Waals surface area (Å²) in [6, 6.07) is 4.36. The van der Waals surface area contributed by atoms with Crippen molar-refractivity contribution in [2.24, 2.45) is 0 Å². The molecule has 0 aliphatic carbocycles. The van der Waals surface area contributed by atoms with Gasteiger partial charge in [0.1, 0.15) is 17.5 Å². The number of benzene rings is 2. The Balaban J connectivity index is 2.10. The minimum Gasteiger partial charge on any atom is -0.496 e. The number of nitro groups is 1. The summed E-state index contributed by atoms with van der Waals surface area (Å²) in [5.41, 5.74) is -0.665. The number of nitrogens with zero attached hydrogens (tertiary/aromatic N) is 2. The molecule has 1 aliphatic heterocycles. The predicted molar refractivity (Wildman–Crippen MR) is 109 cm³/mol. The van der Waals surface area contributed by atoms with E-state index in [1.54, 1.807) is 0 Å². The maximum atomic E-state index is 14.0. The molecule has 13 heteroatoms. The lowest BCUT2D eigenvalue weighted by Gasteiger charge is -2.35. The number of carbonyl (C=O) groups excluding carboxylic acids is 3. The lowest BCUT2D eigenvalue weighted by Crippen LogP contribution is -2.52. The second-order valence-corrected chi connectivity index (χ2v) is 6.57. The molecule has 11 nitrogen and oxygen atoms in total. The summed E-state index contributed by atoms with van der Waals surface area (Å²) in [4.78, 5) is 47.8. The van der Waals surface area contributed by atoms with Gasteiger partial charge in [0.05, 0.1) is 19.1 Å². The SMILES string of the molecule is COC(=C=O)C1=C(OC)C(c2ccc(F)c(F)c2)N(C(=O)Oc2ccc([N+](=O)[O-])cc2)C(=O)N1. The fraction of sp³-hybridized carbons (Fsp3) is 0.143. The maximum absolute atomic E-state index is 14.0. The van der Waals surface area contributed by atoms with Crippen molar-refractivity contribution in [2.75, 3.05) is 14.2 Å². The Hall–Kier alpha value is -4.77. The van der Waals surface area contributed by atoms with Crippen LogP contribution in [-0.2, 0) is 14.3 Å². The molecule has 0 aromatic heterocycles. The normalized spacial score (nSPS) is 15.2. The highest BCUT2D eigenvalue weighted by Crippen LogP contribution is 2.37. The number of nitrogens with one attached hydrogen (secondary N) is 1. The van der Waals surface area contributed by atoms with E-state index in [0.717, 1.165) is 56.7 Å². The summed E-state index contributed by atoms with van der Waals surface area (Å²) < 4.78 is 42.9. The molecule has 1 aliphatic rings. The van der Waals surface area contributed by atoms with E-state index in [0.29, 0.717) is 4.90 Å². The molecule has 0 bridgehead atoms. The molecule has 2 aromatic carbocycles. The van der Waals surface area contributed by atoms with Gasteiger partial charge >= 0.3 is 12.1 Å². The van der Waals surface area contributed by atoms with Crippen LogP contribution in [0.4, 0.5) is 24.1 Å². The van der Waals surface area contributed by atoms with E-state index >= 15 is 0 Å². The van der Waals surface area contributed by atoms with E-state index in [1.807, 2.05) is 0 Å². The third kappa shape index (κ3) is 4.54. The average Bonchev–Trinajstić information content (AvgIpc) is 2.81. The lowest BCUT2D eigenvalue weighted by atomic mass is 9.99. The highest BCUT2D eigenvalue weighted by molar-refractivity contribution is 5.95. The third-order valence-corrected chi connectivity index (χ3v) is 4.66. The van der Waals surface area contributed by atoms with Gasteiger partial charge in [-0.05, 0) is 29.8 Å². The van der Waals surface area contributed by atoms with E-state index in [-0.39, 0.29) is 28.5 Å². The van der Waals surface area contributed by atoms with Gasteiger partial charge in [-0.25, -0.2) is 28.1 Å². The molecule has 34 heavy (non-hydrogen) atoms. The predicted octanol–water partition coefficient (Wildman–Crippen LogP) is 3.36. The van der Waals surface area contributed by atoms with Crippen molar-refractivity contribution in [2.45, 2.75) is 6.04 Å². The number of hydrogen-bond donors (Lipinski definition) is 1. The summed E-state index contributed by atoms with van der Waals surface area (Å²) >= 11 is 0. The number of imide groups is 1. The summed E-state index contributed by atoms with van der Waals surface area (Å²) in [7, 11) is 2.27. The molecule has 1 unspecified atom stereocenters. The van der Waals surface area contributed by atoms with Crippen molar-refractivity contribution in [3.05, 3.63) is 87.0 Å². The van der Waals surface area contributed by atoms with E-state index in [1.165, 1.54) is 5.94 Å². The topological polar surface area (TPSA) is 137 Å². The molecule has 1 heterocycles. The Morgan fingerprint density at radius 3 is 2.35 bits per heavy atom. The fourth-order valence-electron chi connectivity index (χ4n) is 3.13. The highest BCUT2D eigenvalue weighted by atomic mass is 19.2. The second kappa shape index (κ2) is 9.79. The largest absolute Gasteiger partial charge is 0.496 e. The number of hydrogen-bond acceptors (Lipinski definition) is 8. The van der Waals surface area contributed by atoms with Crippen molar-refractivity contribution in [3.8, 4) is 5.75 Å². The first kappa shape index (κ1) is 23.9. The first-order valence-electron chi connectivity index (χ1n) is 9.30. The monoisotopic (exact) mass is 475 g/mol. The van der Waals surface area contributed by atoms with Crippen LogP contribution in [0.2, 0.25) is 0 Å². The minimum atomic E-state index is -1.52. The van der Waals surface area contributed by atoms with Crippen molar-refractivity contribution in [1.29, 1.82) is 0 Å². The van der Waals surface area contributed by atoms with Gasteiger partial charge < -0.3 is 19.5 Å². The van der Waals surface area contributed by atoms with Crippen LogP contribution in [0.1, 0.15) is 11.6 Å². The van der Waals surface area contributed by atoms with Crippen LogP contribution >= 0.6 is 0 Å². The number of amides is 3. The highest BCUT2D eigenvalue weighted by Gasteiger charge is 2.43. The Labute approximate surface area is 190 Å². The van der Waals surface area contributed by atoms with Crippen LogP contribution in [-0.4, -0.2) is 42.1 Å². The molecule has 0 fully saturated rings. The third-order valence-electron chi connectivity index (χ3n) is 4.66. The Bertz CT molecular complexity index is 1240. The summed E-state index contributed by atoms with van der Waals surface area (Å²) in [5, 5.41) is 13.0. The van der Waals surface area contributed by atoms with Gasteiger partial charge in [0, 0.05) is 12.1 Å². The summed E-state index contributed by atoms with van der Waals surface area (Å²) in [5.74, 6) is -1.87. The smallest absolute Gasteiger partial charge is 0.424 e. The molecule has 3 amide bonds. The van der Waals surface area contributed by atoms with Crippen LogP contribution < -0.4 is 10.1 Å². The van der Waals surface area contributed by atoms with Crippen LogP contribution in [0.25, 0.3) is 0 Å². The van der Waals surface area contributed by atoms with Gasteiger partial charge in [-0.3, -0.25) is 10.1 Å². The zero-order valence-electron chi connectivity index (χ0n) is 17.5. The van der Waals surface area contributed by atoms with E-state index in [9.17, 15) is 33.3 Å². The Morgan fingerprint density at radius 1 is 1.15 bits per heavy atom. The molecule has 0 saturated carbocycles. The molecule has 0 radical (unpaired) electrons. The molecule has 0 saturated heterocycles. The van der Waals surface area contributed by atoms with Gasteiger partial charge in [-0.15, -0.1) is 0 Å². The summed E-state index contributed by atoms with van der Waals surface area (Å²) in [6.07, 6.45) is -1.29. The number of halogens is 2. The number of nitro benzene ring substituents is 1. The quantitative estimate of drug-likeness (QED) is 0.291. The minimum absolute atomic E-state index is 0.106. The van der Waals surface area contributed by atoms with E-state index < -0.39 is 40.5 Å². The number of methoxy groups -OCH3 is 2. The van der Waals surface area contributed by atoms with Gasteiger partial charge in [0.25, 0.3) is 5.69 Å². The lowest BCUT2D eigenvalue weighted by molar-refractivity contribution is -0.384. The maximum Gasteiger partial charge on any atom is 0.424 e. The summed E-state index contributed by atoms with van der Waals surface area (Å²) in [6.45, 7) is 0. The molecule has 2 aromatic rings. The average molecular weight is 475 g/mol. The van der Waals surface area contributed by atoms with Crippen LogP contribution in [0.3, 0.4) is 0 Å². The van der Waals surface area contributed by atoms with Gasteiger partial charge in [0.2, 0.25) is 5.76 Å². The molecule has 1 N–H and O–H groups in total. The van der Waals surface area contributed by atoms with Gasteiger partial charge in [0.15, 0.2) is 23.3 Å². The number of ether oxygens (including phenoxy) is 3. The second-order valence-electron chi connectivity index (χ2n) is 6.57. The molecular formula is C21H15F2N3O8. The number of carbonyl (C=O) groups is 2. The van der Waals surface area contributed by atoms with Crippen molar-refractivity contribution >= 4 is 23.8 Å². The zero-order chi connectivity index (χ0) is 25.0. The van der Waals surface area contributed by atoms with Crippen LogP contribution in [0, 0.1) is 21.7 Å². The van der Waals surface area contributed by atoms with Crippen LogP contribution in [0.5, 0.6) is 5.75 Å². The fourth-order valence-corrected chi connectivity index (χ4v) is 3.13.